The Kier molecular flexibility index (Phi) is 6.99. The molecule has 2 heterocycles. The zero-order chi connectivity index (χ0) is 28.8. The number of nitrogens with zero attached hydrogens (tertiary/aromatic N) is 2. The number of rotatable bonds is 6. The van der Waals surface area contributed by atoms with Crippen LogP contribution in [-0.2, 0) is 23.2 Å². The predicted octanol–water partition coefficient (Wildman–Crippen LogP) is 5.75. The Morgan fingerprint density at radius 2 is 1.71 bits per heavy atom. The first-order chi connectivity index (χ1) is 19.6. The number of halogens is 3. The molecule has 10 heteroatoms. The van der Waals surface area contributed by atoms with Gasteiger partial charge < -0.3 is 15.0 Å². The predicted molar refractivity (Wildman–Crippen MR) is 149 cm³/mol. The number of nitrogens with one attached hydrogen (secondary N) is 1. The molecule has 6 rings (SSSR count). The molecule has 0 bridgehead atoms. The number of carbonyl (C=O) groups is 1. The van der Waals surface area contributed by atoms with Gasteiger partial charge in [-0.2, -0.15) is 13.2 Å². The van der Waals surface area contributed by atoms with Crippen LogP contribution in [0.5, 0.6) is 0 Å². The second-order valence-electron chi connectivity index (χ2n) is 10.4. The molecule has 2 aliphatic rings. The number of fused-ring (bicyclic) bond motifs is 1. The van der Waals surface area contributed by atoms with Crippen molar-refractivity contribution in [1.29, 1.82) is 0 Å². The molecule has 3 aromatic carbocycles. The van der Waals surface area contributed by atoms with Gasteiger partial charge in [-0.3, -0.25) is 9.59 Å². The fraction of sp³-hybridized carbons (Fsp3) is 0.258. The minimum absolute atomic E-state index is 0.0303. The number of aliphatic hydroxyl groups is 1. The molecule has 1 amide bonds. The van der Waals surface area contributed by atoms with E-state index in [4.69, 9.17) is 4.98 Å². The Hall–Kier alpha value is -3.89. The van der Waals surface area contributed by atoms with Gasteiger partial charge in [-0.1, -0.05) is 60.7 Å². The Balaban J connectivity index is 1.20. The molecule has 1 aromatic heterocycles. The van der Waals surface area contributed by atoms with E-state index in [0.29, 0.717) is 46.7 Å². The van der Waals surface area contributed by atoms with Gasteiger partial charge in [0, 0.05) is 17.9 Å². The van der Waals surface area contributed by atoms with Gasteiger partial charge >= 0.3 is 5.51 Å². The third kappa shape index (κ3) is 5.54. The summed E-state index contributed by atoms with van der Waals surface area (Å²) < 4.78 is 38.5. The minimum atomic E-state index is -4.41. The van der Waals surface area contributed by atoms with Crippen LogP contribution in [0.4, 0.5) is 13.2 Å². The highest BCUT2D eigenvalue weighted by atomic mass is 32.2. The van der Waals surface area contributed by atoms with Crippen molar-refractivity contribution in [3.05, 3.63) is 117 Å². The highest BCUT2D eigenvalue weighted by Crippen LogP contribution is 2.52. The van der Waals surface area contributed by atoms with Gasteiger partial charge in [-0.25, -0.2) is 4.98 Å². The lowest BCUT2D eigenvalue weighted by Gasteiger charge is -2.30. The summed E-state index contributed by atoms with van der Waals surface area (Å²) in [7, 11) is 0. The number of hydrogen-bond donors (Lipinski definition) is 2. The highest BCUT2D eigenvalue weighted by Gasteiger charge is 2.48. The van der Waals surface area contributed by atoms with Crippen LogP contribution in [0, 0.1) is 0 Å². The fourth-order valence-corrected chi connectivity index (χ4v) is 6.06. The van der Waals surface area contributed by atoms with E-state index < -0.39 is 17.5 Å². The molecule has 1 fully saturated rings. The number of amides is 1. The molecule has 1 unspecified atom stereocenters. The zero-order valence-electron chi connectivity index (χ0n) is 21.8. The maximum atomic E-state index is 13.3. The van der Waals surface area contributed by atoms with Crippen molar-refractivity contribution in [2.75, 3.05) is 6.54 Å². The third-order valence-electron chi connectivity index (χ3n) is 7.75. The first-order valence-electron chi connectivity index (χ1n) is 13.2. The number of alkyl halides is 3. The Morgan fingerprint density at radius 3 is 2.41 bits per heavy atom. The number of thioether (sulfide) groups is 1. The summed E-state index contributed by atoms with van der Waals surface area (Å²) in [6, 6.07) is 22.5. The van der Waals surface area contributed by atoms with E-state index in [1.807, 2.05) is 30.3 Å². The molecule has 1 saturated carbocycles. The summed E-state index contributed by atoms with van der Waals surface area (Å²) in [5, 5.41) is 11.0. The molecule has 1 atom stereocenters. The van der Waals surface area contributed by atoms with E-state index in [-0.39, 0.29) is 34.2 Å². The normalized spacial score (nSPS) is 16.6. The van der Waals surface area contributed by atoms with E-state index in [9.17, 15) is 27.9 Å². The molecular weight excluding hydrogens is 551 g/mol. The van der Waals surface area contributed by atoms with Crippen molar-refractivity contribution in [1.82, 2.24) is 14.9 Å². The quantitative estimate of drug-likeness (QED) is 0.285. The molecule has 6 nitrogen and oxygen atoms in total. The molecular formula is C31H26F3N3O3S. The van der Waals surface area contributed by atoms with E-state index in [2.05, 4.69) is 4.98 Å². The number of carbonyl (C=O) groups excluding carboxylic acids is 1. The van der Waals surface area contributed by atoms with Crippen molar-refractivity contribution in [3.8, 4) is 11.1 Å². The van der Waals surface area contributed by atoms with Gasteiger partial charge in [0.25, 0.3) is 11.5 Å². The van der Waals surface area contributed by atoms with E-state index in [0.717, 1.165) is 18.4 Å². The average molecular weight is 578 g/mol. The van der Waals surface area contributed by atoms with Crippen LogP contribution in [0.3, 0.4) is 0 Å². The largest absolute Gasteiger partial charge is 0.446 e. The van der Waals surface area contributed by atoms with Gasteiger partial charge in [0.2, 0.25) is 0 Å². The van der Waals surface area contributed by atoms with Crippen LogP contribution in [-0.4, -0.2) is 37.9 Å². The summed E-state index contributed by atoms with van der Waals surface area (Å²) in [6.45, 7) is 0.329. The van der Waals surface area contributed by atoms with Crippen molar-refractivity contribution in [2.45, 2.75) is 47.7 Å². The fourth-order valence-electron chi connectivity index (χ4n) is 5.46. The van der Waals surface area contributed by atoms with Crippen LogP contribution < -0.4 is 5.56 Å². The minimum Gasteiger partial charge on any atom is -0.378 e. The van der Waals surface area contributed by atoms with Gasteiger partial charge in [-0.05, 0) is 65.1 Å². The first kappa shape index (κ1) is 27.3. The average Bonchev–Trinajstić information content (AvgIpc) is 3.78. The van der Waals surface area contributed by atoms with Crippen molar-refractivity contribution < 1.29 is 23.1 Å². The maximum Gasteiger partial charge on any atom is 0.446 e. The van der Waals surface area contributed by atoms with E-state index >= 15 is 0 Å². The smallest absolute Gasteiger partial charge is 0.378 e. The second kappa shape index (κ2) is 10.5. The van der Waals surface area contributed by atoms with Crippen LogP contribution in [0.2, 0.25) is 0 Å². The molecule has 1 aliphatic carbocycles. The molecule has 0 radical (unpaired) electrons. The molecule has 210 valence electrons. The summed E-state index contributed by atoms with van der Waals surface area (Å²) in [5.74, 6) is 0.0994. The monoisotopic (exact) mass is 577 g/mol. The zero-order valence-corrected chi connectivity index (χ0v) is 22.6. The maximum absolute atomic E-state index is 13.3. The highest BCUT2D eigenvalue weighted by molar-refractivity contribution is 8.00. The van der Waals surface area contributed by atoms with Crippen molar-refractivity contribution in [2.24, 2.45) is 0 Å². The lowest BCUT2D eigenvalue weighted by Crippen LogP contribution is -2.42. The molecule has 1 aliphatic heterocycles. The van der Waals surface area contributed by atoms with Gasteiger partial charge in [0.1, 0.15) is 5.82 Å². The lowest BCUT2D eigenvalue weighted by molar-refractivity contribution is -0.141. The summed E-state index contributed by atoms with van der Waals surface area (Å²) in [5.41, 5.74) is -1.35. The first-order valence-corrected chi connectivity index (χ1v) is 14.1. The van der Waals surface area contributed by atoms with Gasteiger partial charge in [-0.15, -0.1) is 0 Å². The Bertz CT molecular complexity index is 1670. The van der Waals surface area contributed by atoms with Crippen molar-refractivity contribution >= 4 is 17.7 Å². The summed E-state index contributed by atoms with van der Waals surface area (Å²) in [6.07, 6.45) is 0.697. The van der Waals surface area contributed by atoms with Crippen molar-refractivity contribution in [3.63, 3.8) is 0 Å². The topological polar surface area (TPSA) is 86.3 Å². The summed E-state index contributed by atoms with van der Waals surface area (Å²) >= 11 is -0.200. The van der Waals surface area contributed by atoms with Crippen LogP contribution >= 0.6 is 11.8 Å². The SMILES string of the molecule is O=C(C(O)c1cccc(-c2cccc(SC(F)(F)F)c2)c1)N1CCc2nc(C3(c4ccccc4)CC3)[nH]c(=O)c2C1. The number of hydrogen-bond acceptors (Lipinski definition) is 5. The third-order valence-corrected chi connectivity index (χ3v) is 8.47. The number of aromatic nitrogens is 2. The number of benzene rings is 3. The van der Waals surface area contributed by atoms with Gasteiger partial charge in [0.05, 0.1) is 23.2 Å². The standard InChI is InChI=1S/C31H26F3N3O3S/c32-31(33,34)41-23-11-5-7-20(17-23)19-6-4-8-21(16-19)26(38)28(40)37-15-12-25-24(18-37)27(39)36-29(35-25)30(13-14-30)22-9-2-1-3-10-22/h1-11,16-17,26,38H,12-15,18H2,(H,35,36,39). The van der Waals surface area contributed by atoms with Crippen LogP contribution in [0.1, 0.15) is 47.2 Å². The number of H-pyrrole nitrogens is 1. The van der Waals surface area contributed by atoms with E-state index in [1.165, 1.54) is 23.1 Å². The van der Waals surface area contributed by atoms with E-state index in [1.54, 1.807) is 30.3 Å². The van der Waals surface area contributed by atoms with Gasteiger partial charge in [0.15, 0.2) is 6.10 Å². The Labute approximate surface area is 238 Å². The second-order valence-corrected chi connectivity index (χ2v) is 11.5. The summed E-state index contributed by atoms with van der Waals surface area (Å²) in [4.78, 5) is 35.7. The van der Waals surface area contributed by atoms with Crippen LogP contribution in [0.15, 0.2) is 88.6 Å². The number of aromatic amines is 1. The molecule has 4 aromatic rings. The van der Waals surface area contributed by atoms with Crippen LogP contribution in [0.25, 0.3) is 11.1 Å². The number of aliphatic hydroxyl groups excluding tert-OH is 1. The Morgan fingerprint density at radius 1 is 1.00 bits per heavy atom. The molecule has 0 saturated heterocycles. The molecule has 41 heavy (non-hydrogen) atoms. The molecule has 0 spiro atoms. The lowest BCUT2D eigenvalue weighted by atomic mass is 9.94. The molecule has 2 N–H and O–H groups in total.